The van der Waals surface area contributed by atoms with Gasteiger partial charge in [-0.1, -0.05) is 232 Å². The van der Waals surface area contributed by atoms with E-state index in [2.05, 4.69) is 13.8 Å². The number of hydrogen-bond donors (Lipinski definition) is 0. The molecule has 0 aliphatic carbocycles. The molecule has 0 rings (SSSR count). The Morgan fingerprint density at radius 2 is 0.750 bits per heavy atom. The van der Waals surface area contributed by atoms with Gasteiger partial charge in [-0.3, -0.25) is 14.2 Å². The minimum absolute atomic E-state index is 0.0254. The van der Waals surface area contributed by atoms with Gasteiger partial charge in [0.05, 0.1) is 27.7 Å². The average molecular weight is 874 g/mol. The van der Waals surface area contributed by atoms with Crippen molar-refractivity contribution < 1.29 is 42.1 Å². The summed E-state index contributed by atoms with van der Waals surface area (Å²) in [6.07, 6.45) is 45.6. The van der Waals surface area contributed by atoms with E-state index in [-0.39, 0.29) is 32.0 Å². The molecule has 2 unspecified atom stereocenters. The molecular weight excluding hydrogens is 774 g/mol. The van der Waals surface area contributed by atoms with E-state index in [1.807, 2.05) is 21.1 Å². The van der Waals surface area contributed by atoms with E-state index in [1.165, 1.54) is 193 Å². The summed E-state index contributed by atoms with van der Waals surface area (Å²) in [4.78, 5) is 37.7. The largest absolute Gasteiger partial charge is 0.756 e. The topological polar surface area (TPSA) is 111 Å². The van der Waals surface area contributed by atoms with Crippen molar-refractivity contribution in [1.82, 2.24) is 0 Å². The number of carbonyl (C=O) groups is 2. The van der Waals surface area contributed by atoms with E-state index in [0.717, 1.165) is 32.1 Å². The Labute approximate surface area is 372 Å². The molecular formula is C50H100NO8P. The maximum absolute atomic E-state index is 12.7. The quantitative estimate of drug-likeness (QED) is 0.0257. The van der Waals surface area contributed by atoms with E-state index in [9.17, 15) is 19.0 Å². The fourth-order valence-corrected chi connectivity index (χ4v) is 8.33. The van der Waals surface area contributed by atoms with E-state index >= 15 is 0 Å². The van der Waals surface area contributed by atoms with Gasteiger partial charge in [0, 0.05) is 12.8 Å². The van der Waals surface area contributed by atoms with Gasteiger partial charge in [-0.15, -0.1) is 0 Å². The van der Waals surface area contributed by atoms with Crippen LogP contribution in [0.5, 0.6) is 0 Å². The molecule has 0 saturated heterocycles. The number of rotatable bonds is 48. The zero-order chi connectivity index (χ0) is 44.3. The van der Waals surface area contributed by atoms with Gasteiger partial charge in [-0.05, 0) is 12.8 Å². The number of phosphoric acid groups is 1. The Balaban J connectivity index is 4.17. The van der Waals surface area contributed by atoms with Crippen LogP contribution in [0, 0.1) is 0 Å². The summed E-state index contributed by atoms with van der Waals surface area (Å²) in [5.74, 6) is -0.814. The molecule has 0 bridgehead atoms. The molecule has 0 amide bonds. The van der Waals surface area contributed by atoms with Gasteiger partial charge in [-0.25, -0.2) is 0 Å². The van der Waals surface area contributed by atoms with Gasteiger partial charge in [0.2, 0.25) is 0 Å². The molecule has 0 aliphatic heterocycles. The molecule has 0 spiro atoms. The summed E-state index contributed by atoms with van der Waals surface area (Å²) < 4.78 is 34.0. The molecule has 0 aliphatic rings. The molecule has 10 heteroatoms. The second-order valence-corrected chi connectivity index (χ2v) is 20.3. The molecule has 0 radical (unpaired) electrons. The van der Waals surface area contributed by atoms with Gasteiger partial charge < -0.3 is 27.9 Å². The SMILES string of the molecule is CCCCCCCCCCCCCCCCCCCCCCCCC(=O)OC(COC(=O)CCCCCCCCCCCCCCCC)COP(=O)([O-])OCC[N+](C)(C)C. The molecule has 0 aromatic carbocycles. The van der Waals surface area contributed by atoms with Crippen LogP contribution in [0.4, 0.5) is 0 Å². The van der Waals surface area contributed by atoms with Crippen LogP contribution in [0.1, 0.15) is 258 Å². The monoisotopic (exact) mass is 874 g/mol. The lowest BCUT2D eigenvalue weighted by Crippen LogP contribution is -2.37. The van der Waals surface area contributed by atoms with E-state index in [1.54, 1.807) is 0 Å². The zero-order valence-corrected chi connectivity index (χ0v) is 41.3. The van der Waals surface area contributed by atoms with E-state index in [4.69, 9.17) is 18.5 Å². The molecule has 60 heavy (non-hydrogen) atoms. The van der Waals surface area contributed by atoms with Gasteiger partial charge in [0.1, 0.15) is 19.8 Å². The first-order valence-corrected chi connectivity index (χ1v) is 27.2. The average Bonchev–Trinajstić information content (AvgIpc) is 3.20. The van der Waals surface area contributed by atoms with Crippen molar-refractivity contribution in [2.75, 3.05) is 47.5 Å². The van der Waals surface area contributed by atoms with E-state index < -0.39 is 26.5 Å². The summed E-state index contributed by atoms with van der Waals surface area (Å²) in [6.45, 7) is 4.29. The van der Waals surface area contributed by atoms with Gasteiger partial charge in [0.15, 0.2) is 6.10 Å². The molecule has 0 N–H and O–H groups in total. The van der Waals surface area contributed by atoms with Crippen molar-refractivity contribution in [2.24, 2.45) is 0 Å². The first kappa shape index (κ1) is 59.0. The smallest absolute Gasteiger partial charge is 0.306 e. The summed E-state index contributed by atoms with van der Waals surface area (Å²) in [6, 6.07) is 0. The lowest BCUT2D eigenvalue weighted by Gasteiger charge is -2.28. The third-order valence-electron chi connectivity index (χ3n) is 11.6. The van der Waals surface area contributed by atoms with Crippen molar-refractivity contribution >= 4 is 19.8 Å². The van der Waals surface area contributed by atoms with Crippen LogP contribution in [0.2, 0.25) is 0 Å². The van der Waals surface area contributed by atoms with Crippen LogP contribution in [-0.4, -0.2) is 70.0 Å². The van der Waals surface area contributed by atoms with Crippen LogP contribution in [-0.2, 0) is 32.7 Å². The molecule has 0 heterocycles. The lowest BCUT2D eigenvalue weighted by molar-refractivity contribution is -0.870. The summed E-state index contributed by atoms with van der Waals surface area (Å²) >= 11 is 0. The molecule has 2 atom stereocenters. The number of esters is 2. The first-order valence-electron chi connectivity index (χ1n) is 25.7. The number of quaternary nitrogens is 1. The molecule has 358 valence electrons. The molecule has 0 aromatic rings. The van der Waals surface area contributed by atoms with E-state index in [0.29, 0.717) is 17.4 Å². The minimum atomic E-state index is -4.62. The van der Waals surface area contributed by atoms with Crippen molar-refractivity contribution in [1.29, 1.82) is 0 Å². The predicted molar refractivity (Wildman–Crippen MR) is 250 cm³/mol. The Hall–Kier alpha value is -0.990. The number of unbranched alkanes of at least 4 members (excludes halogenated alkanes) is 34. The third kappa shape index (κ3) is 46.5. The molecule has 9 nitrogen and oxygen atoms in total. The first-order chi connectivity index (χ1) is 29.0. The Bertz CT molecular complexity index is 990. The highest BCUT2D eigenvalue weighted by atomic mass is 31.2. The Morgan fingerprint density at radius 1 is 0.450 bits per heavy atom. The predicted octanol–water partition coefficient (Wildman–Crippen LogP) is 14.5. The molecule has 0 saturated carbocycles. The number of carbonyl (C=O) groups excluding carboxylic acids is 2. The normalized spacial score (nSPS) is 13.4. The molecule has 0 fully saturated rings. The summed E-state index contributed by atoms with van der Waals surface area (Å²) in [7, 11) is 1.19. The molecule has 0 aromatic heterocycles. The van der Waals surface area contributed by atoms with Crippen LogP contribution < -0.4 is 4.89 Å². The Kier molecular flexibility index (Phi) is 42.6. The van der Waals surface area contributed by atoms with Crippen molar-refractivity contribution in [3.05, 3.63) is 0 Å². The minimum Gasteiger partial charge on any atom is -0.756 e. The fourth-order valence-electron chi connectivity index (χ4n) is 7.60. The zero-order valence-electron chi connectivity index (χ0n) is 40.4. The number of phosphoric ester groups is 1. The Morgan fingerprint density at radius 3 is 1.07 bits per heavy atom. The second-order valence-electron chi connectivity index (χ2n) is 18.9. The maximum atomic E-state index is 12.7. The highest BCUT2D eigenvalue weighted by Crippen LogP contribution is 2.38. The summed E-state index contributed by atoms with van der Waals surface area (Å²) in [5.41, 5.74) is 0. The number of likely N-dealkylation sites (N-methyl/N-ethyl adjacent to an activating group) is 1. The standard InChI is InChI=1S/C50H100NO8P/c1-6-8-10-12-14-16-18-20-22-23-24-25-26-27-28-29-31-33-35-37-39-41-43-50(53)59-48(47-58-60(54,55)57-45-44-51(3,4)5)46-56-49(52)42-40-38-36-34-32-30-21-19-17-15-13-11-9-7-2/h48H,6-47H2,1-5H3. The summed E-state index contributed by atoms with van der Waals surface area (Å²) in [5, 5.41) is 0. The fraction of sp³-hybridized carbons (Fsp3) is 0.960. The number of ether oxygens (including phenoxy) is 2. The number of hydrogen-bond acceptors (Lipinski definition) is 8. The highest BCUT2D eigenvalue weighted by Gasteiger charge is 2.21. The van der Waals surface area contributed by atoms with Crippen LogP contribution >= 0.6 is 7.82 Å². The van der Waals surface area contributed by atoms with Crippen molar-refractivity contribution in [2.45, 2.75) is 264 Å². The second kappa shape index (κ2) is 43.3. The lowest BCUT2D eigenvalue weighted by atomic mass is 10.0. The van der Waals surface area contributed by atoms with Gasteiger partial charge in [0.25, 0.3) is 7.82 Å². The van der Waals surface area contributed by atoms with Crippen molar-refractivity contribution in [3.63, 3.8) is 0 Å². The van der Waals surface area contributed by atoms with Crippen LogP contribution in [0.15, 0.2) is 0 Å². The van der Waals surface area contributed by atoms with Crippen molar-refractivity contribution in [3.8, 4) is 0 Å². The van der Waals surface area contributed by atoms with Crippen LogP contribution in [0.3, 0.4) is 0 Å². The third-order valence-corrected chi connectivity index (χ3v) is 12.6. The van der Waals surface area contributed by atoms with Gasteiger partial charge in [-0.2, -0.15) is 0 Å². The number of nitrogens with zero attached hydrogens (tertiary/aromatic N) is 1. The highest BCUT2D eigenvalue weighted by molar-refractivity contribution is 7.45. The maximum Gasteiger partial charge on any atom is 0.306 e. The van der Waals surface area contributed by atoms with Crippen LogP contribution in [0.25, 0.3) is 0 Å². The van der Waals surface area contributed by atoms with Gasteiger partial charge >= 0.3 is 11.9 Å².